The van der Waals surface area contributed by atoms with Crippen LogP contribution in [0.3, 0.4) is 0 Å². The highest BCUT2D eigenvalue weighted by atomic mass is 127. The maximum atomic E-state index is 5.99. The fourth-order valence-electron chi connectivity index (χ4n) is 2.30. The average molecular weight is 404 g/mol. The van der Waals surface area contributed by atoms with Crippen LogP contribution < -0.4 is 10.6 Å². The molecule has 0 saturated carbocycles. The van der Waals surface area contributed by atoms with E-state index < -0.39 is 0 Å². The summed E-state index contributed by atoms with van der Waals surface area (Å²) in [6.07, 6.45) is 0. The number of benzene rings is 1. The Morgan fingerprint density at radius 1 is 1.10 bits per heavy atom. The van der Waals surface area contributed by atoms with Crippen molar-refractivity contribution in [1.82, 2.24) is 4.90 Å². The van der Waals surface area contributed by atoms with E-state index in [-0.39, 0.29) is 24.0 Å². The van der Waals surface area contributed by atoms with Crippen LogP contribution in [0.4, 0.5) is 5.69 Å². The molecule has 0 aromatic heterocycles. The standard InChI is InChI=1S/C16H28N4.HI/c1-5-19(6-2)16(17)18-12-13-20(7-3)15-11-9-8-10-14(15)4;/h8-11H,5-7,12-13H2,1-4H3,(H2,17,18);1H. The van der Waals surface area contributed by atoms with Crippen molar-refractivity contribution in [1.29, 1.82) is 0 Å². The molecule has 0 saturated heterocycles. The largest absolute Gasteiger partial charge is 0.370 e. The third kappa shape index (κ3) is 6.11. The van der Waals surface area contributed by atoms with E-state index in [0.717, 1.165) is 32.7 Å². The molecule has 0 fully saturated rings. The van der Waals surface area contributed by atoms with Crippen molar-refractivity contribution in [2.45, 2.75) is 27.7 Å². The molecule has 0 amide bonds. The number of rotatable bonds is 7. The Hall–Kier alpha value is -0.980. The van der Waals surface area contributed by atoms with Gasteiger partial charge in [-0.25, -0.2) is 0 Å². The third-order valence-corrected chi connectivity index (χ3v) is 3.57. The smallest absolute Gasteiger partial charge is 0.191 e. The summed E-state index contributed by atoms with van der Waals surface area (Å²) in [6, 6.07) is 8.46. The second-order valence-electron chi connectivity index (χ2n) is 4.78. The van der Waals surface area contributed by atoms with Gasteiger partial charge in [-0.05, 0) is 39.3 Å². The van der Waals surface area contributed by atoms with Crippen molar-refractivity contribution < 1.29 is 0 Å². The van der Waals surface area contributed by atoms with Crippen LogP contribution in [-0.2, 0) is 0 Å². The summed E-state index contributed by atoms with van der Waals surface area (Å²) in [6.45, 7) is 12.9. The molecule has 0 atom stereocenters. The molecule has 1 rings (SSSR count). The fourth-order valence-corrected chi connectivity index (χ4v) is 2.30. The minimum absolute atomic E-state index is 0. The van der Waals surface area contributed by atoms with Gasteiger partial charge in [0, 0.05) is 31.9 Å². The van der Waals surface area contributed by atoms with Crippen LogP contribution >= 0.6 is 24.0 Å². The minimum Gasteiger partial charge on any atom is -0.370 e. The van der Waals surface area contributed by atoms with Gasteiger partial charge in [-0.3, -0.25) is 4.99 Å². The number of likely N-dealkylation sites (N-methyl/N-ethyl adjacent to an activating group) is 1. The lowest BCUT2D eigenvalue weighted by Crippen LogP contribution is -2.37. The zero-order valence-corrected chi connectivity index (χ0v) is 16.0. The Morgan fingerprint density at radius 3 is 2.24 bits per heavy atom. The van der Waals surface area contributed by atoms with Gasteiger partial charge in [0.05, 0.1) is 6.54 Å². The quantitative estimate of drug-likeness (QED) is 0.432. The number of guanidine groups is 1. The van der Waals surface area contributed by atoms with Gasteiger partial charge in [-0.2, -0.15) is 0 Å². The molecule has 0 aliphatic heterocycles. The van der Waals surface area contributed by atoms with E-state index in [9.17, 15) is 0 Å². The molecule has 0 bridgehead atoms. The van der Waals surface area contributed by atoms with E-state index in [1.165, 1.54) is 11.3 Å². The molecule has 21 heavy (non-hydrogen) atoms. The number of hydrogen-bond donors (Lipinski definition) is 1. The summed E-state index contributed by atoms with van der Waals surface area (Å²) >= 11 is 0. The molecule has 0 spiro atoms. The lowest BCUT2D eigenvalue weighted by molar-refractivity contribution is 0.458. The van der Waals surface area contributed by atoms with Crippen molar-refractivity contribution in [2.75, 3.05) is 37.6 Å². The van der Waals surface area contributed by atoms with E-state index in [1.807, 2.05) is 0 Å². The normalized spacial score (nSPS) is 11.0. The molecule has 120 valence electrons. The van der Waals surface area contributed by atoms with Crippen molar-refractivity contribution in [3.05, 3.63) is 29.8 Å². The van der Waals surface area contributed by atoms with Crippen LogP contribution in [0.25, 0.3) is 0 Å². The molecular weight excluding hydrogens is 375 g/mol. The third-order valence-electron chi connectivity index (χ3n) is 3.57. The Morgan fingerprint density at radius 2 is 1.71 bits per heavy atom. The van der Waals surface area contributed by atoms with Gasteiger partial charge in [0.15, 0.2) is 5.96 Å². The van der Waals surface area contributed by atoms with Crippen LogP contribution in [0.15, 0.2) is 29.3 Å². The molecular formula is C16H29IN4. The first-order valence-electron chi connectivity index (χ1n) is 7.49. The van der Waals surface area contributed by atoms with Gasteiger partial charge in [0.2, 0.25) is 0 Å². The van der Waals surface area contributed by atoms with Crippen LogP contribution in [0.1, 0.15) is 26.3 Å². The summed E-state index contributed by atoms with van der Waals surface area (Å²) in [7, 11) is 0. The Labute approximate surface area is 146 Å². The lowest BCUT2D eigenvalue weighted by atomic mass is 10.2. The number of aryl methyl sites for hydroxylation is 1. The van der Waals surface area contributed by atoms with E-state index in [1.54, 1.807) is 0 Å². The van der Waals surface area contributed by atoms with Crippen molar-refractivity contribution in [3.63, 3.8) is 0 Å². The highest BCUT2D eigenvalue weighted by molar-refractivity contribution is 14.0. The maximum Gasteiger partial charge on any atom is 0.191 e. The van der Waals surface area contributed by atoms with E-state index >= 15 is 0 Å². The van der Waals surface area contributed by atoms with Crippen molar-refractivity contribution >= 4 is 35.6 Å². The molecule has 2 N–H and O–H groups in total. The molecule has 5 heteroatoms. The molecule has 0 radical (unpaired) electrons. The molecule has 0 unspecified atom stereocenters. The fraction of sp³-hybridized carbons (Fsp3) is 0.562. The van der Waals surface area contributed by atoms with Crippen LogP contribution in [0.2, 0.25) is 0 Å². The lowest BCUT2D eigenvalue weighted by Gasteiger charge is -2.25. The predicted molar refractivity (Wildman–Crippen MR) is 104 cm³/mol. The first-order chi connectivity index (χ1) is 9.63. The summed E-state index contributed by atoms with van der Waals surface area (Å²) < 4.78 is 0. The van der Waals surface area contributed by atoms with Crippen molar-refractivity contribution in [3.8, 4) is 0 Å². The van der Waals surface area contributed by atoms with Crippen LogP contribution in [0.5, 0.6) is 0 Å². The van der Waals surface area contributed by atoms with Gasteiger partial charge >= 0.3 is 0 Å². The van der Waals surface area contributed by atoms with Gasteiger partial charge in [-0.1, -0.05) is 18.2 Å². The number of anilines is 1. The maximum absolute atomic E-state index is 5.99. The zero-order chi connectivity index (χ0) is 15.0. The van der Waals surface area contributed by atoms with Gasteiger partial charge in [0.1, 0.15) is 0 Å². The molecule has 1 aromatic rings. The summed E-state index contributed by atoms with van der Waals surface area (Å²) in [5.74, 6) is 0.649. The predicted octanol–water partition coefficient (Wildman–Crippen LogP) is 3.10. The highest BCUT2D eigenvalue weighted by Crippen LogP contribution is 2.18. The van der Waals surface area contributed by atoms with E-state index in [4.69, 9.17) is 5.73 Å². The molecule has 4 nitrogen and oxygen atoms in total. The van der Waals surface area contributed by atoms with Crippen molar-refractivity contribution in [2.24, 2.45) is 10.7 Å². The first kappa shape index (κ1) is 20.0. The second-order valence-corrected chi connectivity index (χ2v) is 4.78. The van der Waals surface area contributed by atoms with Crippen LogP contribution in [-0.4, -0.2) is 43.6 Å². The SMILES string of the molecule is CCN(CC)C(N)=NCCN(CC)c1ccccc1C.I. The number of para-hydroxylation sites is 1. The van der Waals surface area contributed by atoms with Gasteiger partial charge in [0.25, 0.3) is 0 Å². The van der Waals surface area contributed by atoms with Crippen LogP contribution in [0, 0.1) is 6.92 Å². The number of halogens is 1. The first-order valence-corrected chi connectivity index (χ1v) is 7.49. The molecule has 1 aromatic carbocycles. The zero-order valence-electron chi connectivity index (χ0n) is 13.7. The second kappa shape index (κ2) is 10.7. The summed E-state index contributed by atoms with van der Waals surface area (Å²) in [5, 5.41) is 0. The monoisotopic (exact) mass is 404 g/mol. The highest BCUT2D eigenvalue weighted by Gasteiger charge is 2.07. The number of nitrogens with two attached hydrogens (primary N) is 1. The number of nitrogens with zero attached hydrogens (tertiary/aromatic N) is 3. The van der Waals surface area contributed by atoms with Gasteiger partial charge < -0.3 is 15.5 Å². The molecule has 0 heterocycles. The minimum atomic E-state index is 0. The van der Waals surface area contributed by atoms with Gasteiger partial charge in [-0.15, -0.1) is 24.0 Å². The van der Waals surface area contributed by atoms with E-state index in [2.05, 4.69) is 66.8 Å². The van der Waals surface area contributed by atoms with E-state index in [0.29, 0.717) is 5.96 Å². The topological polar surface area (TPSA) is 44.9 Å². The summed E-state index contributed by atoms with van der Waals surface area (Å²) in [5.41, 5.74) is 8.58. The molecule has 0 aliphatic rings. The Bertz CT molecular complexity index is 430. The molecule has 0 aliphatic carbocycles. The Balaban J connectivity index is 0.00000400. The number of hydrogen-bond acceptors (Lipinski definition) is 2. The Kier molecular flexibility index (Phi) is 10.2. The average Bonchev–Trinajstić information content (AvgIpc) is 2.46. The number of aliphatic imine (C=N–C) groups is 1. The summed E-state index contributed by atoms with van der Waals surface area (Å²) in [4.78, 5) is 8.90.